The van der Waals surface area contributed by atoms with Gasteiger partial charge < -0.3 is 15.6 Å². The molecule has 9 heteroatoms. The molecule has 1 fully saturated rings. The van der Waals surface area contributed by atoms with Crippen molar-refractivity contribution < 1.29 is 19.4 Å². The van der Waals surface area contributed by atoms with Crippen LogP contribution in [0.4, 0.5) is 5.69 Å². The third kappa shape index (κ3) is 4.57. The fraction of sp³-hybridized carbons (Fsp3) is 0.200. The van der Waals surface area contributed by atoms with Gasteiger partial charge in [0.25, 0.3) is 0 Å². The van der Waals surface area contributed by atoms with E-state index >= 15 is 0 Å². The van der Waals surface area contributed by atoms with E-state index in [1.165, 1.54) is 0 Å². The predicted octanol–water partition coefficient (Wildman–Crippen LogP) is 2.50. The Morgan fingerprint density at radius 3 is 2.52 bits per heavy atom. The molecule has 150 valence electrons. The summed E-state index contributed by atoms with van der Waals surface area (Å²) in [7, 11) is 1.54. The van der Waals surface area contributed by atoms with Gasteiger partial charge in [-0.15, -0.1) is 5.10 Å². The van der Waals surface area contributed by atoms with Crippen molar-refractivity contribution in [2.24, 2.45) is 15.9 Å². The summed E-state index contributed by atoms with van der Waals surface area (Å²) < 4.78 is 5.09. The first-order valence-corrected chi connectivity index (χ1v) is 9.62. The van der Waals surface area contributed by atoms with Gasteiger partial charge >= 0.3 is 0 Å². The van der Waals surface area contributed by atoms with E-state index in [9.17, 15) is 14.7 Å². The van der Waals surface area contributed by atoms with E-state index in [0.717, 1.165) is 16.7 Å². The van der Waals surface area contributed by atoms with Crippen LogP contribution >= 0.6 is 11.8 Å². The summed E-state index contributed by atoms with van der Waals surface area (Å²) in [4.78, 5) is 26.2. The SMILES string of the molecule is COc1ccc(N2C(=O)C[C@@H](SC(N)=N/N=C(\C)c3ccccc3O)C2=O)cc1. The number of imide groups is 1. The highest BCUT2D eigenvalue weighted by atomic mass is 32.2. The molecule has 1 heterocycles. The van der Waals surface area contributed by atoms with E-state index in [2.05, 4.69) is 10.2 Å². The molecule has 1 aliphatic rings. The number of nitrogens with two attached hydrogens (primary N) is 1. The summed E-state index contributed by atoms with van der Waals surface area (Å²) in [6.07, 6.45) is 0.0217. The molecule has 1 saturated heterocycles. The van der Waals surface area contributed by atoms with Gasteiger partial charge in [0.1, 0.15) is 16.7 Å². The van der Waals surface area contributed by atoms with Crippen molar-refractivity contribution in [1.29, 1.82) is 0 Å². The zero-order chi connectivity index (χ0) is 21.0. The number of hydrogen-bond acceptors (Lipinski definition) is 7. The predicted molar refractivity (Wildman–Crippen MR) is 113 cm³/mol. The maximum Gasteiger partial charge on any atom is 0.247 e. The van der Waals surface area contributed by atoms with Crippen molar-refractivity contribution in [3.05, 3.63) is 54.1 Å². The summed E-state index contributed by atoms with van der Waals surface area (Å²) in [5.74, 6) is 0.0544. The number of phenolic OH excluding ortho intramolecular Hbond substituents is 1. The number of anilines is 1. The van der Waals surface area contributed by atoms with E-state index in [4.69, 9.17) is 10.5 Å². The van der Waals surface area contributed by atoms with Crippen LogP contribution in [0.5, 0.6) is 11.5 Å². The van der Waals surface area contributed by atoms with Crippen molar-refractivity contribution >= 4 is 40.1 Å². The number of hydrogen-bond donors (Lipinski definition) is 2. The monoisotopic (exact) mass is 412 g/mol. The lowest BCUT2D eigenvalue weighted by Gasteiger charge is -2.15. The summed E-state index contributed by atoms with van der Waals surface area (Å²) in [6, 6.07) is 13.4. The quantitative estimate of drug-likeness (QED) is 0.337. The Bertz CT molecular complexity index is 988. The highest BCUT2D eigenvalue weighted by Crippen LogP contribution is 2.30. The fourth-order valence-electron chi connectivity index (χ4n) is 2.83. The van der Waals surface area contributed by atoms with E-state index in [-0.39, 0.29) is 29.2 Å². The van der Waals surface area contributed by atoms with Crippen LogP contribution in [0, 0.1) is 0 Å². The molecule has 3 rings (SSSR count). The molecular weight excluding hydrogens is 392 g/mol. The smallest absolute Gasteiger partial charge is 0.247 e. The molecule has 0 radical (unpaired) electrons. The Morgan fingerprint density at radius 1 is 1.17 bits per heavy atom. The van der Waals surface area contributed by atoms with Crippen molar-refractivity contribution in [2.75, 3.05) is 12.0 Å². The third-order valence-corrected chi connectivity index (χ3v) is 5.27. The van der Waals surface area contributed by atoms with Gasteiger partial charge in [0.15, 0.2) is 5.17 Å². The number of carbonyl (C=O) groups is 2. The molecule has 0 saturated carbocycles. The van der Waals surface area contributed by atoms with Crippen LogP contribution in [0.3, 0.4) is 0 Å². The van der Waals surface area contributed by atoms with Crippen LogP contribution in [-0.4, -0.2) is 40.2 Å². The second-order valence-corrected chi connectivity index (χ2v) is 7.44. The number of carbonyl (C=O) groups excluding carboxylic acids is 2. The fourth-order valence-corrected chi connectivity index (χ4v) is 3.64. The number of rotatable bonds is 5. The number of amidine groups is 1. The minimum Gasteiger partial charge on any atom is -0.507 e. The summed E-state index contributed by atoms with van der Waals surface area (Å²) in [5.41, 5.74) is 7.38. The number of thioether (sulfide) groups is 1. The molecule has 8 nitrogen and oxygen atoms in total. The number of ether oxygens (including phenoxy) is 1. The highest BCUT2D eigenvalue weighted by molar-refractivity contribution is 8.14. The first-order valence-electron chi connectivity index (χ1n) is 8.74. The molecule has 0 spiro atoms. The van der Waals surface area contributed by atoms with E-state index in [0.29, 0.717) is 22.7 Å². The van der Waals surface area contributed by atoms with Crippen molar-refractivity contribution in [1.82, 2.24) is 0 Å². The number of para-hydroxylation sites is 1. The molecule has 0 aromatic heterocycles. The summed E-state index contributed by atoms with van der Waals surface area (Å²) in [5, 5.41) is 17.2. The van der Waals surface area contributed by atoms with Crippen LogP contribution < -0.4 is 15.4 Å². The number of benzene rings is 2. The molecule has 0 bridgehead atoms. The Balaban J connectivity index is 1.70. The Morgan fingerprint density at radius 2 is 1.86 bits per heavy atom. The van der Waals surface area contributed by atoms with Gasteiger partial charge in [-0.25, -0.2) is 4.90 Å². The topological polar surface area (TPSA) is 118 Å². The van der Waals surface area contributed by atoms with Crippen molar-refractivity contribution in [3.63, 3.8) is 0 Å². The number of methoxy groups -OCH3 is 1. The van der Waals surface area contributed by atoms with Crippen molar-refractivity contribution in [2.45, 2.75) is 18.6 Å². The maximum atomic E-state index is 12.7. The maximum absolute atomic E-state index is 12.7. The highest BCUT2D eigenvalue weighted by Gasteiger charge is 2.40. The Labute approximate surface area is 172 Å². The van der Waals surface area contributed by atoms with E-state index in [1.807, 2.05) is 0 Å². The lowest BCUT2D eigenvalue weighted by molar-refractivity contribution is -0.121. The molecule has 2 amide bonds. The second kappa shape index (κ2) is 8.78. The molecule has 0 unspecified atom stereocenters. The zero-order valence-electron chi connectivity index (χ0n) is 15.9. The van der Waals surface area contributed by atoms with Crippen LogP contribution in [0.15, 0.2) is 58.7 Å². The van der Waals surface area contributed by atoms with Gasteiger partial charge in [0.2, 0.25) is 11.8 Å². The van der Waals surface area contributed by atoms with Crippen LogP contribution in [0.2, 0.25) is 0 Å². The number of nitrogens with zero attached hydrogens (tertiary/aromatic N) is 3. The summed E-state index contributed by atoms with van der Waals surface area (Å²) >= 11 is 0.988. The lowest BCUT2D eigenvalue weighted by Crippen LogP contribution is -2.31. The van der Waals surface area contributed by atoms with Gasteiger partial charge in [0, 0.05) is 12.0 Å². The minimum absolute atomic E-state index is 0.0217. The number of phenols is 1. The minimum atomic E-state index is -0.672. The van der Waals surface area contributed by atoms with Crippen LogP contribution in [-0.2, 0) is 9.59 Å². The summed E-state index contributed by atoms with van der Waals surface area (Å²) in [6.45, 7) is 1.69. The molecule has 29 heavy (non-hydrogen) atoms. The molecule has 3 N–H and O–H groups in total. The lowest BCUT2D eigenvalue weighted by atomic mass is 10.1. The largest absolute Gasteiger partial charge is 0.507 e. The first kappa shape index (κ1) is 20.4. The molecule has 1 aliphatic heterocycles. The van der Waals surface area contributed by atoms with Gasteiger partial charge in [-0.3, -0.25) is 9.59 Å². The van der Waals surface area contributed by atoms with Gasteiger partial charge in [0.05, 0.1) is 18.5 Å². The molecule has 2 aromatic carbocycles. The Hall–Kier alpha value is -3.33. The zero-order valence-corrected chi connectivity index (χ0v) is 16.7. The molecule has 1 atom stereocenters. The average molecular weight is 412 g/mol. The van der Waals surface area contributed by atoms with E-state index < -0.39 is 5.25 Å². The van der Waals surface area contributed by atoms with Gasteiger partial charge in [-0.1, -0.05) is 23.9 Å². The van der Waals surface area contributed by atoms with Crippen LogP contribution in [0.25, 0.3) is 0 Å². The van der Waals surface area contributed by atoms with Gasteiger partial charge in [-0.05, 0) is 43.3 Å². The van der Waals surface area contributed by atoms with E-state index in [1.54, 1.807) is 62.6 Å². The Kier molecular flexibility index (Phi) is 6.18. The molecular formula is C20H20N4O4S. The number of aromatic hydroxyl groups is 1. The molecule has 2 aromatic rings. The number of amides is 2. The average Bonchev–Trinajstić information content (AvgIpc) is 2.99. The van der Waals surface area contributed by atoms with Crippen molar-refractivity contribution in [3.8, 4) is 11.5 Å². The molecule has 0 aliphatic carbocycles. The third-order valence-electron chi connectivity index (χ3n) is 4.29. The van der Waals surface area contributed by atoms with Gasteiger partial charge in [-0.2, -0.15) is 5.10 Å². The second-order valence-electron chi connectivity index (χ2n) is 6.22. The first-order chi connectivity index (χ1) is 13.9. The van der Waals surface area contributed by atoms with Crippen LogP contribution in [0.1, 0.15) is 18.9 Å². The standard InChI is InChI=1S/C20H20N4O4S/c1-12(15-5-3-4-6-16(15)25)22-23-20(21)29-17-11-18(26)24(19(17)27)13-7-9-14(28-2)10-8-13/h3-10,17,25H,11H2,1-2H3,(H2,21,23)/b22-12+/t17-/m1/s1. The normalized spacial score (nSPS) is 17.7.